The van der Waals surface area contributed by atoms with Crippen LogP contribution in [0.2, 0.25) is 0 Å². The Morgan fingerprint density at radius 1 is 1.47 bits per heavy atom. The zero-order valence-corrected chi connectivity index (χ0v) is 11.3. The molecule has 0 amide bonds. The zero-order chi connectivity index (χ0) is 12.5. The van der Waals surface area contributed by atoms with Crippen molar-refractivity contribution in [1.82, 2.24) is 9.03 Å². The second-order valence-electron chi connectivity index (χ2n) is 5.64. The molecule has 1 saturated carbocycles. The molecule has 2 rings (SSSR count). The highest BCUT2D eigenvalue weighted by Gasteiger charge is 2.42. The van der Waals surface area contributed by atoms with Crippen molar-refractivity contribution in [3.05, 3.63) is 0 Å². The summed E-state index contributed by atoms with van der Waals surface area (Å²) < 4.78 is 28.5. The Balaban J connectivity index is 1.89. The minimum Gasteiger partial charge on any atom is -0.330 e. The molecule has 2 aliphatic rings. The van der Waals surface area contributed by atoms with Gasteiger partial charge in [0, 0.05) is 19.6 Å². The predicted molar refractivity (Wildman–Crippen MR) is 67.6 cm³/mol. The third kappa shape index (κ3) is 3.19. The Kier molecular flexibility index (Phi) is 3.77. The summed E-state index contributed by atoms with van der Waals surface area (Å²) in [5.74, 6) is 0.463. The smallest absolute Gasteiger partial charge is 0.279 e. The normalized spacial score (nSPS) is 29.2. The van der Waals surface area contributed by atoms with Crippen LogP contribution in [0.15, 0.2) is 0 Å². The molecule has 17 heavy (non-hydrogen) atoms. The molecule has 0 aromatic rings. The Morgan fingerprint density at radius 3 is 2.71 bits per heavy atom. The van der Waals surface area contributed by atoms with E-state index in [0.717, 1.165) is 25.7 Å². The first-order valence-corrected chi connectivity index (χ1v) is 7.86. The summed E-state index contributed by atoms with van der Waals surface area (Å²) in [6.07, 6.45) is 4.17. The number of hydrogen-bond donors (Lipinski definition) is 2. The van der Waals surface area contributed by atoms with Crippen LogP contribution in [0.5, 0.6) is 0 Å². The second-order valence-corrected chi connectivity index (χ2v) is 7.39. The molecule has 0 aromatic heterocycles. The summed E-state index contributed by atoms with van der Waals surface area (Å²) in [6.45, 7) is 4.47. The van der Waals surface area contributed by atoms with Crippen LogP contribution in [0.25, 0.3) is 0 Å². The number of rotatable bonds is 5. The molecular formula is C11H23N3O2S. The Hall–Kier alpha value is -0.170. The van der Waals surface area contributed by atoms with E-state index in [9.17, 15) is 8.42 Å². The summed E-state index contributed by atoms with van der Waals surface area (Å²) in [5.41, 5.74) is 5.70. The average Bonchev–Trinajstić information content (AvgIpc) is 3.07. The van der Waals surface area contributed by atoms with Crippen molar-refractivity contribution in [2.75, 3.05) is 26.2 Å². The molecule has 3 N–H and O–H groups in total. The molecule has 6 heteroatoms. The zero-order valence-electron chi connectivity index (χ0n) is 10.5. The van der Waals surface area contributed by atoms with Crippen molar-refractivity contribution in [3.63, 3.8) is 0 Å². The van der Waals surface area contributed by atoms with Gasteiger partial charge < -0.3 is 5.73 Å². The number of hydrogen-bond acceptors (Lipinski definition) is 3. The first kappa shape index (κ1) is 13.3. The molecule has 1 saturated heterocycles. The summed E-state index contributed by atoms with van der Waals surface area (Å²) in [4.78, 5) is 0. The Labute approximate surface area is 104 Å². The molecule has 0 radical (unpaired) electrons. The largest absolute Gasteiger partial charge is 0.330 e. The van der Waals surface area contributed by atoms with E-state index in [-0.39, 0.29) is 5.41 Å². The van der Waals surface area contributed by atoms with Gasteiger partial charge in [0.05, 0.1) is 0 Å². The fraction of sp³-hybridized carbons (Fsp3) is 1.00. The maximum atomic E-state index is 12.1. The third-order valence-corrected chi connectivity index (χ3v) is 5.50. The fourth-order valence-corrected chi connectivity index (χ4v) is 3.82. The van der Waals surface area contributed by atoms with Gasteiger partial charge in [-0.15, -0.1) is 0 Å². The summed E-state index contributed by atoms with van der Waals surface area (Å²) in [7, 11) is -3.29. The van der Waals surface area contributed by atoms with Crippen molar-refractivity contribution < 1.29 is 8.42 Å². The topological polar surface area (TPSA) is 75.4 Å². The van der Waals surface area contributed by atoms with Crippen LogP contribution in [0.3, 0.4) is 0 Å². The van der Waals surface area contributed by atoms with Crippen LogP contribution in [0.4, 0.5) is 0 Å². The molecule has 1 aliphatic heterocycles. The van der Waals surface area contributed by atoms with Crippen LogP contribution in [0.1, 0.15) is 32.6 Å². The first-order chi connectivity index (χ1) is 7.97. The Bertz CT molecular complexity index is 365. The third-order valence-electron chi connectivity index (χ3n) is 3.98. The van der Waals surface area contributed by atoms with Gasteiger partial charge in [-0.2, -0.15) is 12.7 Å². The number of nitrogens with two attached hydrogens (primary N) is 1. The molecule has 5 nitrogen and oxygen atoms in total. The van der Waals surface area contributed by atoms with E-state index in [0.29, 0.717) is 32.1 Å². The lowest BCUT2D eigenvalue weighted by Gasteiger charge is -2.30. The minimum absolute atomic E-state index is 0.0501. The van der Waals surface area contributed by atoms with Crippen LogP contribution in [-0.4, -0.2) is 38.9 Å². The van der Waals surface area contributed by atoms with E-state index in [1.54, 1.807) is 4.31 Å². The Morgan fingerprint density at radius 2 is 2.18 bits per heavy atom. The maximum Gasteiger partial charge on any atom is 0.279 e. The van der Waals surface area contributed by atoms with Crippen LogP contribution < -0.4 is 10.5 Å². The van der Waals surface area contributed by atoms with E-state index in [1.807, 2.05) is 0 Å². The van der Waals surface area contributed by atoms with Crippen LogP contribution in [0, 0.1) is 11.3 Å². The van der Waals surface area contributed by atoms with E-state index < -0.39 is 10.2 Å². The lowest BCUT2D eigenvalue weighted by atomic mass is 10.0. The molecular weight excluding hydrogens is 238 g/mol. The molecule has 0 spiro atoms. The van der Waals surface area contributed by atoms with Gasteiger partial charge in [0.1, 0.15) is 0 Å². The van der Waals surface area contributed by atoms with Gasteiger partial charge in [-0.3, -0.25) is 0 Å². The van der Waals surface area contributed by atoms with Crippen LogP contribution in [-0.2, 0) is 10.2 Å². The van der Waals surface area contributed by atoms with Gasteiger partial charge in [0.25, 0.3) is 10.2 Å². The van der Waals surface area contributed by atoms with Crippen molar-refractivity contribution in [1.29, 1.82) is 0 Å². The van der Waals surface area contributed by atoms with Gasteiger partial charge in [-0.1, -0.05) is 6.92 Å². The number of nitrogens with zero attached hydrogens (tertiary/aromatic N) is 1. The first-order valence-electron chi connectivity index (χ1n) is 6.42. The number of nitrogens with one attached hydrogen (secondary N) is 1. The number of piperidine rings is 1. The van der Waals surface area contributed by atoms with E-state index >= 15 is 0 Å². The average molecular weight is 261 g/mol. The van der Waals surface area contributed by atoms with Crippen molar-refractivity contribution in [3.8, 4) is 0 Å². The molecule has 1 heterocycles. The van der Waals surface area contributed by atoms with E-state index in [4.69, 9.17) is 5.73 Å². The van der Waals surface area contributed by atoms with Gasteiger partial charge in [0.2, 0.25) is 0 Å². The highest BCUT2D eigenvalue weighted by atomic mass is 32.2. The lowest BCUT2D eigenvalue weighted by Crippen LogP contribution is -2.47. The van der Waals surface area contributed by atoms with Gasteiger partial charge in [-0.05, 0) is 43.6 Å². The van der Waals surface area contributed by atoms with E-state index in [2.05, 4.69) is 11.6 Å². The fourth-order valence-electron chi connectivity index (χ4n) is 2.33. The summed E-state index contributed by atoms with van der Waals surface area (Å²) in [6, 6.07) is 0. The van der Waals surface area contributed by atoms with E-state index in [1.165, 1.54) is 0 Å². The predicted octanol–water partition coefficient (Wildman–Crippen LogP) is 0.292. The molecule has 2 fully saturated rings. The summed E-state index contributed by atoms with van der Waals surface area (Å²) >= 11 is 0. The molecule has 1 aliphatic carbocycles. The summed E-state index contributed by atoms with van der Waals surface area (Å²) in [5, 5.41) is 0. The van der Waals surface area contributed by atoms with Crippen molar-refractivity contribution in [2.24, 2.45) is 17.1 Å². The lowest BCUT2D eigenvalue weighted by molar-refractivity contribution is 0.277. The minimum atomic E-state index is -3.29. The maximum absolute atomic E-state index is 12.1. The standard InChI is InChI=1S/C11H23N3O2S/c1-10-3-2-6-14(7-10)17(15,16)13-9-11(8-12)4-5-11/h10,13H,2-9,12H2,1H3. The quantitative estimate of drug-likeness (QED) is 0.747. The molecule has 1 unspecified atom stereocenters. The molecule has 0 aromatic carbocycles. The monoisotopic (exact) mass is 261 g/mol. The van der Waals surface area contributed by atoms with Crippen molar-refractivity contribution >= 4 is 10.2 Å². The highest BCUT2D eigenvalue weighted by Crippen LogP contribution is 2.43. The van der Waals surface area contributed by atoms with Crippen molar-refractivity contribution in [2.45, 2.75) is 32.6 Å². The van der Waals surface area contributed by atoms with Gasteiger partial charge in [-0.25, -0.2) is 4.72 Å². The molecule has 100 valence electrons. The van der Waals surface area contributed by atoms with Crippen LogP contribution >= 0.6 is 0 Å². The van der Waals surface area contributed by atoms with Gasteiger partial charge in [0.15, 0.2) is 0 Å². The highest BCUT2D eigenvalue weighted by molar-refractivity contribution is 7.87. The molecule has 1 atom stereocenters. The second kappa shape index (κ2) is 4.84. The SMILES string of the molecule is CC1CCCN(S(=O)(=O)NCC2(CN)CC2)C1. The molecule has 0 bridgehead atoms. The van der Waals surface area contributed by atoms with Gasteiger partial charge >= 0.3 is 0 Å².